The maximum absolute atomic E-state index is 12.4. The molecule has 0 radical (unpaired) electrons. The van der Waals surface area contributed by atoms with E-state index in [1.165, 1.54) is 22.2 Å². The Morgan fingerprint density at radius 2 is 1.61 bits per heavy atom. The topological polar surface area (TPSA) is 76.3 Å². The molecule has 4 rings (SSSR count). The van der Waals surface area contributed by atoms with Crippen LogP contribution in [0.5, 0.6) is 0 Å². The van der Waals surface area contributed by atoms with E-state index in [2.05, 4.69) is 29.3 Å². The second kappa shape index (κ2) is 7.98. The fourth-order valence-corrected chi connectivity index (χ4v) is 3.91. The van der Waals surface area contributed by atoms with Crippen molar-refractivity contribution >= 4 is 23.6 Å². The normalized spacial score (nSPS) is 14.4. The molecule has 3 aromatic rings. The van der Waals surface area contributed by atoms with Gasteiger partial charge < -0.3 is 4.42 Å². The van der Waals surface area contributed by atoms with Crippen LogP contribution in [0.4, 0.5) is 0 Å². The average molecular weight is 393 g/mol. The van der Waals surface area contributed by atoms with E-state index in [-0.39, 0.29) is 17.7 Å². The van der Waals surface area contributed by atoms with Crippen molar-refractivity contribution in [3.63, 3.8) is 0 Å². The molecule has 6 nitrogen and oxygen atoms in total. The van der Waals surface area contributed by atoms with Crippen molar-refractivity contribution in [1.29, 1.82) is 0 Å². The molecule has 1 aromatic heterocycles. The second-order valence-electron chi connectivity index (χ2n) is 6.63. The highest BCUT2D eigenvalue weighted by Crippen LogP contribution is 2.25. The Bertz CT molecular complexity index is 968. The first-order valence-electron chi connectivity index (χ1n) is 9.09. The lowest BCUT2D eigenvalue weighted by Crippen LogP contribution is -2.31. The SMILES string of the molecule is CC(Cc1nnc(SCCN2C(=O)c3ccccc3C2=O)o1)c1ccccc1. The number of carbonyl (C=O) groups excluding carboxylic acids is 2. The molecule has 0 fully saturated rings. The van der Waals surface area contributed by atoms with Crippen LogP contribution in [0.2, 0.25) is 0 Å². The number of fused-ring (bicyclic) bond motifs is 1. The molecule has 2 amide bonds. The van der Waals surface area contributed by atoms with Crippen molar-refractivity contribution < 1.29 is 14.0 Å². The zero-order valence-corrected chi connectivity index (χ0v) is 16.2. The van der Waals surface area contributed by atoms with E-state index in [1.807, 2.05) is 18.2 Å². The molecule has 2 aromatic carbocycles. The van der Waals surface area contributed by atoms with E-state index in [4.69, 9.17) is 4.42 Å². The zero-order chi connectivity index (χ0) is 19.5. The molecule has 1 aliphatic rings. The number of nitrogens with zero attached hydrogens (tertiary/aromatic N) is 3. The molecular weight excluding hydrogens is 374 g/mol. The van der Waals surface area contributed by atoms with Crippen molar-refractivity contribution in [3.05, 3.63) is 77.2 Å². The van der Waals surface area contributed by atoms with Crippen LogP contribution in [0.1, 0.15) is 45.0 Å². The second-order valence-corrected chi connectivity index (χ2v) is 7.68. The summed E-state index contributed by atoms with van der Waals surface area (Å²) in [7, 11) is 0. The number of thioether (sulfide) groups is 1. The van der Waals surface area contributed by atoms with Gasteiger partial charge in [-0.1, -0.05) is 61.2 Å². The molecule has 0 saturated heterocycles. The maximum Gasteiger partial charge on any atom is 0.276 e. The third-order valence-corrected chi connectivity index (χ3v) is 5.51. The van der Waals surface area contributed by atoms with Gasteiger partial charge in [-0.3, -0.25) is 14.5 Å². The molecule has 142 valence electrons. The van der Waals surface area contributed by atoms with Gasteiger partial charge in [-0.25, -0.2) is 0 Å². The first kappa shape index (κ1) is 18.4. The zero-order valence-electron chi connectivity index (χ0n) is 15.4. The number of amides is 2. The minimum absolute atomic E-state index is 0.246. The minimum Gasteiger partial charge on any atom is -0.416 e. The molecule has 0 aliphatic carbocycles. The van der Waals surface area contributed by atoms with Gasteiger partial charge in [-0.2, -0.15) is 0 Å². The summed E-state index contributed by atoms with van der Waals surface area (Å²) < 4.78 is 5.71. The predicted octanol–water partition coefficient (Wildman–Crippen LogP) is 3.80. The number of carbonyl (C=O) groups is 2. The van der Waals surface area contributed by atoms with Crippen LogP contribution in [0.25, 0.3) is 0 Å². The summed E-state index contributed by atoms with van der Waals surface area (Å²) in [6.45, 7) is 2.42. The fraction of sp³-hybridized carbons (Fsp3) is 0.238. The lowest BCUT2D eigenvalue weighted by atomic mass is 9.98. The van der Waals surface area contributed by atoms with Crippen molar-refractivity contribution in [2.24, 2.45) is 0 Å². The van der Waals surface area contributed by atoms with E-state index in [9.17, 15) is 9.59 Å². The highest BCUT2D eigenvalue weighted by Gasteiger charge is 2.34. The predicted molar refractivity (Wildman–Crippen MR) is 105 cm³/mol. The third kappa shape index (κ3) is 3.71. The van der Waals surface area contributed by atoms with E-state index < -0.39 is 0 Å². The minimum atomic E-state index is -0.246. The average Bonchev–Trinajstić information content (AvgIpc) is 3.27. The fourth-order valence-electron chi connectivity index (χ4n) is 3.21. The van der Waals surface area contributed by atoms with Gasteiger partial charge in [0, 0.05) is 18.7 Å². The lowest BCUT2D eigenvalue weighted by Gasteiger charge is -2.12. The highest BCUT2D eigenvalue weighted by molar-refractivity contribution is 7.99. The Hall–Kier alpha value is -2.93. The maximum atomic E-state index is 12.4. The number of hydrogen-bond donors (Lipinski definition) is 0. The quantitative estimate of drug-likeness (QED) is 0.449. The Balaban J connectivity index is 1.31. The summed E-state index contributed by atoms with van der Waals surface area (Å²) in [5.41, 5.74) is 2.15. The molecule has 1 aliphatic heterocycles. The van der Waals surface area contributed by atoms with Gasteiger partial charge in [-0.05, 0) is 23.6 Å². The third-order valence-electron chi connectivity index (χ3n) is 4.72. The Labute approximate surface area is 167 Å². The highest BCUT2D eigenvalue weighted by atomic mass is 32.2. The number of hydrogen-bond acceptors (Lipinski definition) is 6. The lowest BCUT2D eigenvalue weighted by molar-refractivity contribution is 0.0664. The van der Waals surface area contributed by atoms with E-state index >= 15 is 0 Å². The van der Waals surface area contributed by atoms with Crippen LogP contribution >= 0.6 is 11.8 Å². The van der Waals surface area contributed by atoms with Gasteiger partial charge in [0.05, 0.1) is 11.1 Å². The van der Waals surface area contributed by atoms with Crippen LogP contribution in [-0.2, 0) is 6.42 Å². The molecule has 1 atom stereocenters. The van der Waals surface area contributed by atoms with Gasteiger partial charge in [-0.15, -0.1) is 10.2 Å². The summed E-state index contributed by atoms with van der Waals surface area (Å²) in [6, 6.07) is 17.1. The van der Waals surface area contributed by atoms with Gasteiger partial charge in [0.2, 0.25) is 5.89 Å². The van der Waals surface area contributed by atoms with Crippen molar-refractivity contribution in [2.75, 3.05) is 12.3 Å². The van der Waals surface area contributed by atoms with Crippen molar-refractivity contribution in [3.8, 4) is 0 Å². The summed E-state index contributed by atoms with van der Waals surface area (Å²) in [6.07, 6.45) is 0.663. The summed E-state index contributed by atoms with van der Waals surface area (Å²) in [5.74, 6) is 0.868. The molecule has 28 heavy (non-hydrogen) atoms. The summed E-state index contributed by atoms with van der Waals surface area (Å²) in [4.78, 5) is 26.0. The smallest absolute Gasteiger partial charge is 0.276 e. The standard InChI is InChI=1S/C21H19N3O3S/c1-14(15-7-3-2-4-8-15)13-18-22-23-21(27-18)28-12-11-24-19(25)16-9-5-6-10-17(16)20(24)26/h2-10,14H,11-13H2,1H3. The largest absolute Gasteiger partial charge is 0.416 e. The van der Waals surface area contributed by atoms with E-state index in [1.54, 1.807) is 24.3 Å². The molecular formula is C21H19N3O3S. The molecule has 2 heterocycles. The Kier molecular flexibility index (Phi) is 5.25. The number of rotatable bonds is 7. The van der Waals surface area contributed by atoms with Crippen LogP contribution < -0.4 is 0 Å². The van der Waals surface area contributed by atoms with Crippen LogP contribution in [-0.4, -0.2) is 39.2 Å². The Morgan fingerprint density at radius 1 is 0.964 bits per heavy atom. The number of benzene rings is 2. The molecule has 0 saturated carbocycles. The van der Waals surface area contributed by atoms with E-state index in [0.29, 0.717) is 41.0 Å². The molecule has 0 bridgehead atoms. The first-order chi connectivity index (χ1) is 13.6. The number of imide groups is 1. The van der Waals surface area contributed by atoms with Gasteiger partial charge in [0.1, 0.15) is 0 Å². The summed E-state index contributed by atoms with van der Waals surface area (Å²) >= 11 is 1.35. The molecule has 0 N–H and O–H groups in total. The molecule has 7 heteroatoms. The summed E-state index contributed by atoms with van der Waals surface area (Å²) in [5, 5.41) is 8.62. The van der Waals surface area contributed by atoms with Gasteiger partial charge >= 0.3 is 0 Å². The van der Waals surface area contributed by atoms with Crippen LogP contribution in [0.3, 0.4) is 0 Å². The van der Waals surface area contributed by atoms with Gasteiger partial charge in [0.15, 0.2) is 0 Å². The molecule has 0 spiro atoms. The first-order valence-corrected chi connectivity index (χ1v) is 10.1. The van der Waals surface area contributed by atoms with Crippen molar-refractivity contribution in [1.82, 2.24) is 15.1 Å². The number of aromatic nitrogens is 2. The molecule has 1 unspecified atom stereocenters. The monoisotopic (exact) mass is 393 g/mol. The van der Waals surface area contributed by atoms with Crippen LogP contribution in [0, 0.1) is 0 Å². The van der Waals surface area contributed by atoms with Gasteiger partial charge in [0.25, 0.3) is 17.0 Å². The van der Waals surface area contributed by atoms with Crippen molar-refractivity contribution in [2.45, 2.75) is 24.5 Å². The van der Waals surface area contributed by atoms with E-state index in [0.717, 1.165) is 0 Å². The Morgan fingerprint density at radius 3 is 2.29 bits per heavy atom. The van der Waals surface area contributed by atoms with Crippen LogP contribution in [0.15, 0.2) is 64.2 Å².